The quantitative estimate of drug-likeness (QED) is 0.859. The van der Waals surface area contributed by atoms with Gasteiger partial charge in [0.15, 0.2) is 0 Å². The van der Waals surface area contributed by atoms with Crippen LogP contribution in [0.4, 0.5) is 0 Å². The molecule has 0 N–H and O–H groups in total. The van der Waals surface area contributed by atoms with Gasteiger partial charge in [0, 0.05) is 6.20 Å². The Kier molecular flexibility index (Phi) is 3.14. The Morgan fingerprint density at radius 1 is 1.25 bits per heavy atom. The van der Waals surface area contributed by atoms with E-state index in [1.54, 1.807) is 19.4 Å². The average Bonchev–Trinajstić information content (AvgIpc) is 2.84. The molecular weight excluding hydrogens is 252 g/mol. The first kappa shape index (κ1) is 12.7. The molecule has 102 valence electrons. The number of fused-ring (bicyclic) bond motifs is 1. The summed E-state index contributed by atoms with van der Waals surface area (Å²) in [5.74, 6) is 0.870. The minimum absolute atomic E-state index is 0.0163. The molecule has 1 amide bonds. The molecule has 20 heavy (non-hydrogen) atoms. The Bertz CT molecular complexity index is 637. The number of carbonyl (C=O) groups is 1. The monoisotopic (exact) mass is 268 g/mol. The van der Waals surface area contributed by atoms with Gasteiger partial charge in [-0.15, -0.1) is 0 Å². The Morgan fingerprint density at radius 2 is 2.00 bits per heavy atom. The highest BCUT2D eigenvalue weighted by atomic mass is 16.5. The molecule has 0 radical (unpaired) electrons. The number of hydrogen-bond donors (Lipinski definition) is 0. The van der Waals surface area contributed by atoms with Gasteiger partial charge < -0.3 is 9.64 Å². The summed E-state index contributed by atoms with van der Waals surface area (Å²) >= 11 is 0. The Hall–Kier alpha value is -2.36. The van der Waals surface area contributed by atoms with Crippen molar-refractivity contribution in [3.05, 3.63) is 59.4 Å². The van der Waals surface area contributed by atoms with Crippen molar-refractivity contribution in [3.8, 4) is 5.75 Å². The van der Waals surface area contributed by atoms with Crippen molar-refractivity contribution in [2.75, 3.05) is 7.11 Å². The van der Waals surface area contributed by atoms with Gasteiger partial charge >= 0.3 is 0 Å². The number of carbonyl (C=O) groups excluding carboxylic acids is 1. The van der Waals surface area contributed by atoms with Gasteiger partial charge in [0.2, 0.25) is 0 Å². The fourth-order valence-electron chi connectivity index (χ4n) is 2.52. The van der Waals surface area contributed by atoms with Gasteiger partial charge in [-0.2, -0.15) is 0 Å². The predicted molar refractivity (Wildman–Crippen MR) is 75.5 cm³/mol. The van der Waals surface area contributed by atoms with Gasteiger partial charge in [-0.3, -0.25) is 9.78 Å². The SMILES string of the molecule is COc1ccc([C@@H](C)N2Cc3ncccc3C2=O)cc1. The molecular formula is C16H16N2O2. The van der Waals surface area contributed by atoms with Crippen molar-refractivity contribution < 1.29 is 9.53 Å². The second-order valence-corrected chi connectivity index (χ2v) is 4.88. The summed E-state index contributed by atoms with van der Waals surface area (Å²) in [5.41, 5.74) is 2.66. The molecule has 0 spiro atoms. The molecule has 0 aliphatic carbocycles. The molecule has 1 aromatic heterocycles. The maximum Gasteiger partial charge on any atom is 0.256 e. The first-order chi connectivity index (χ1) is 9.70. The molecule has 0 saturated carbocycles. The lowest BCUT2D eigenvalue weighted by Gasteiger charge is -2.24. The first-order valence-corrected chi connectivity index (χ1v) is 6.59. The maximum absolute atomic E-state index is 12.4. The summed E-state index contributed by atoms with van der Waals surface area (Å²) in [6, 6.07) is 11.5. The molecule has 0 unspecified atom stereocenters. The Morgan fingerprint density at radius 3 is 2.65 bits per heavy atom. The number of benzene rings is 1. The van der Waals surface area contributed by atoms with E-state index >= 15 is 0 Å². The zero-order valence-corrected chi connectivity index (χ0v) is 11.5. The van der Waals surface area contributed by atoms with E-state index in [0.717, 1.165) is 17.0 Å². The zero-order valence-electron chi connectivity index (χ0n) is 11.5. The van der Waals surface area contributed by atoms with Crippen molar-refractivity contribution in [1.82, 2.24) is 9.88 Å². The van der Waals surface area contributed by atoms with Crippen LogP contribution in [0, 0.1) is 0 Å². The third-order valence-corrected chi connectivity index (χ3v) is 3.77. The van der Waals surface area contributed by atoms with Crippen LogP contribution in [0.3, 0.4) is 0 Å². The number of rotatable bonds is 3. The molecule has 1 aromatic carbocycles. The van der Waals surface area contributed by atoms with E-state index in [2.05, 4.69) is 4.98 Å². The van der Waals surface area contributed by atoms with Crippen LogP contribution in [-0.2, 0) is 6.54 Å². The summed E-state index contributed by atoms with van der Waals surface area (Å²) < 4.78 is 5.16. The van der Waals surface area contributed by atoms with E-state index in [1.165, 1.54) is 0 Å². The van der Waals surface area contributed by atoms with E-state index in [1.807, 2.05) is 42.2 Å². The largest absolute Gasteiger partial charge is 0.497 e. The third-order valence-electron chi connectivity index (χ3n) is 3.77. The number of hydrogen-bond acceptors (Lipinski definition) is 3. The number of amides is 1. The smallest absolute Gasteiger partial charge is 0.256 e. The minimum Gasteiger partial charge on any atom is -0.497 e. The normalized spacial score (nSPS) is 15.1. The van der Waals surface area contributed by atoms with E-state index in [-0.39, 0.29) is 11.9 Å². The van der Waals surface area contributed by atoms with E-state index in [9.17, 15) is 4.79 Å². The van der Waals surface area contributed by atoms with Gasteiger partial charge in [-0.1, -0.05) is 12.1 Å². The van der Waals surface area contributed by atoms with Gasteiger partial charge in [0.25, 0.3) is 5.91 Å². The van der Waals surface area contributed by atoms with Crippen LogP contribution in [0.15, 0.2) is 42.6 Å². The molecule has 3 rings (SSSR count). The highest BCUT2D eigenvalue weighted by Gasteiger charge is 2.31. The van der Waals surface area contributed by atoms with Crippen molar-refractivity contribution in [2.24, 2.45) is 0 Å². The van der Waals surface area contributed by atoms with Gasteiger partial charge in [0.1, 0.15) is 5.75 Å². The zero-order chi connectivity index (χ0) is 14.1. The number of methoxy groups -OCH3 is 1. The average molecular weight is 268 g/mol. The fourth-order valence-corrected chi connectivity index (χ4v) is 2.52. The van der Waals surface area contributed by atoms with Gasteiger partial charge in [0.05, 0.1) is 31.0 Å². The lowest BCUT2D eigenvalue weighted by molar-refractivity contribution is 0.0715. The minimum atomic E-state index is 0.0163. The highest BCUT2D eigenvalue weighted by Crippen LogP contribution is 2.30. The van der Waals surface area contributed by atoms with Gasteiger partial charge in [-0.05, 0) is 36.8 Å². The molecule has 4 heteroatoms. The number of ether oxygens (including phenoxy) is 1. The molecule has 0 saturated heterocycles. The Labute approximate surface area is 118 Å². The molecule has 1 aliphatic rings. The lowest BCUT2D eigenvalue weighted by atomic mass is 10.1. The number of pyridine rings is 1. The van der Waals surface area contributed by atoms with E-state index < -0.39 is 0 Å². The third kappa shape index (κ3) is 2.03. The van der Waals surface area contributed by atoms with Crippen LogP contribution < -0.4 is 4.74 Å². The summed E-state index contributed by atoms with van der Waals surface area (Å²) in [7, 11) is 1.64. The standard InChI is InChI=1S/C16H16N2O2/c1-11(12-5-7-13(20-2)8-6-12)18-10-15-14(16(18)19)4-3-9-17-15/h3-9,11H,10H2,1-2H3/t11-/m1/s1. The van der Waals surface area contributed by atoms with Crippen molar-refractivity contribution in [1.29, 1.82) is 0 Å². The van der Waals surface area contributed by atoms with Crippen LogP contribution in [0.1, 0.15) is 34.6 Å². The topological polar surface area (TPSA) is 42.4 Å². The van der Waals surface area contributed by atoms with Crippen molar-refractivity contribution >= 4 is 5.91 Å². The van der Waals surface area contributed by atoms with Crippen LogP contribution in [0.25, 0.3) is 0 Å². The fraction of sp³-hybridized carbons (Fsp3) is 0.250. The second-order valence-electron chi connectivity index (χ2n) is 4.88. The maximum atomic E-state index is 12.4. The van der Waals surface area contributed by atoms with Crippen LogP contribution in [-0.4, -0.2) is 22.9 Å². The molecule has 0 bridgehead atoms. The predicted octanol–water partition coefficient (Wildman–Crippen LogP) is 2.81. The highest BCUT2D eigenvalue weighted by molar-refractivity contribution is 5.97. The van der Waals surface area contributed by atoms with E-state index in [4.69, 9.17) is 4.74 Å². The van der Waals surface area contributed by atoms with Crippen molar-refractivity contribution in [3.63, 3.8) is 0 Å². The van der Waals surface area contributed by atoms with Crippen LogP contribution in [0.2, 0.25) is 0 Å². The Balaban J connectivity index is 1.85. The lowest BCUT2D eigenvalue weighted by Crippen LogP contribution is -2.27. The molecule has 4 nitrogen and oxygen atoms in total. The number of aromatic nitrogens is 1. The van der Waals surface area contributed by atoms with Crippen LogP contribution in [0.5, 0.6) is 5.75 Å². The summed E-state index contributed by atoms with van der Waals surface area (Å²) in [4.78, 5) is 18.5. The second kappa shape index (κ2) is 4.96. The van der Waals surface area contributed by atoms with E-state index in [0.29, 0.717) is 12.1 Å². The van der Waals surface area contributed by atoms with Crippen molar-refractivity contribution in [2.45, 2.75) is 19.5 Å². The molecule has 0 fully saturated rings. The summed E-state index contributed by atoms with van der Waals surface area (Å²) in [6.07, 6.45) is 1.73. The van der Waals surface area contributed by atoms with Crippen LogP contribution >= 0.6 is 0 Å². The molecule has 1 atom stereocenters. The summed E-state index contributed by atoms with van der Waals surface area (Å²) in [6.45, 7) is 2.60. The first-order valence-electron chi connectivity index (χ1n) is 6.59. The summed E-state index contributed by atoms with van der Waals surface area (Å²) in [5, 5.41) is 0. The molecule has 2 heterocycles. The van der Waals surface area contributed by atoms with Gasteiger partial charge in [-0.25, -0.2) is 0 Å². The number of nitrogens with zero attached hydrogens (tertiary/aromatic N) is 2. The molecule has 2 aromatic rings. The molecule has 1 aliphatic heterocycles.